The van der Waals surface area contributed by atoms with E-state index in [0.717, 1.165) is 43.7 Å². The zero-order chi connectivity index (χ0) is 18.6. The van der Waals surface area contributed by atoms with Gasteiger partial charge < -0.3 is 9.64 Å². The van der Waals surface area contributed by atoms with E-state index in [1.807, 2.05) is 18.2 Å². The maximum absolute atomic E-state index is 13.1. The third kappa shape index (κ3) is 4.36. The highest BCUT2D eigenvalue weighted by atomic mass is 19.1. The van der Waals surface area contributed by atoms with Crippen LogP contribution in [0, 0.1) is 5.82 Å². The van der Waals surface area contributed by atoms with Crippen molar-refractivity contribution in [3.05, 3.63) is 53.1 Å². The monoisotopic (exact) mass is 372 g/mol. The Morgan fingerprint density at radius 2 is 2.00 bits per heavy atom. The maximum Gasteiger partial charge on any atom is 0.274 e. The second-order valence-electron chi connectivity index (χ2n) is 7.31. The number of likely N-dealkylation sites (tertiary alicyclic amines) is 1. The molecule has 0 spiro atoms. The summed E-state index contributed by atoms with van der Waals surface area (Å²) in [5.74, 6) is 0.0999. The van der Waals surface area contributed by atoms with Gasteiger partial charge in [-0.3, -0.25) is 14.8 Å². The molecule has 2 fully saturated rings. The molecule has 1 atom stereocenters. The molecule has 144 valence electrons. The van der Waals surface area contributed by atoms with Crippen molar-refractivity contribution < 1.29 is 13.9 Å². The molecule has 27 heavy (non-hydrogen) atoms. The molecule has 1 aromatic heterocycles. The molecule has 0 unspecified atom stereocenters. The minimum Gasteiger partial charge on any atom is -0.378 e. The van der Waals surface area contributed by atoms with Gasteiger partial charge in [0.2, 0.25) is 0 Å². The molecule has 2 aromatic rings. The van der Waals surface area contributed by atoms with E-state index in [1.165, 1.54) is 12.1 Å². The summed E-state index contributed by atoms with van der Waals surface area (Å²) in [7, 11) is 0. The lowest BCUT2D eigenvalue weighted by atomic mass is 9.94. The Bertz CT molecular complexity index is 771. The summed E-state index contributed by atoms with van der Waals surface area (Å²) in [5.41, 5.74) is 2.63. The number of ether oxygens (including phenoxy) is 1. The standard InChI is InChI=1S/C20H25FN4O2/c21-17-5-3-15(4-6-17)13-24-7-1-2-16(14-24)18-12-19(23-22-18)20(26)25-8-10-27-11-9-25/h3-6,12,16H,1-2,7-11,13-14H2,(H,22,23)/t16-/m0/s1. The lowest BCUT2D eigenvalue weighted by Crippen LogP contribution is -2.40. The van der Waals surface area contributed by atoms with Gasteiger partial charge in [-0.1, -0.05) is 12.1 Å². The number of H-pyrrole nitrogens is 1. The fraction of sp³-hybridized carbons (Fsp3) is 0.500. The molecule has 6 nitrogen and oxygen atoms in total. The second-order valence-corrected chi connectivity index (χ2v) is 7.31. The number of rotatable bonds is 4. The summed E-state index contributed by atoms with van der Waals surface area (Å²) in [6.07, 6.45) is 2.17. The van der Waals surface area contributed by atoms with Crippen LogP contribution in [0.25, 0.3) is 0 Å². The first-order valence-corrected chi connectivity index (χ1v) is 9.58. The Hall–Kier alpha value is -2.25. The lowest BCUT2D eigenvalue weighted by molar-refractivity contribution is 0.0299. The van der Waals surface area contributed by atoms with Gasteiger partial charge in [-0.15, -0.1) is 0 Å². The van der Waals surface area contributed by atoms with Crippen molar-refractivity contribution in [3.8, 4) is 0 Å². The Labute approximate surface area is 158 Å². The number of benzene rings is 1. The topological polar surface area (TPSA) is 61.5 Å². The van der Waals surface area contributed by atoms with Gasteiger partial charge in [0.25, 0.3) is 5.91 Å². The van der Waals surface area contributed by atoms with Crippen molar-refractivity contribution in [2.24, 2.45) is 0 Å². The Morgan fingerprint density at radius 1 is 1.22 bits per heavy atom. The van der Waals surface area contributed by atoms with E-state index in [1.54, 1.807) is 4.90 Å². The van der Waals surface area contributed by atoms with Crippen LogP contribution in [0.5, 0.6) is 0 Å². The zero-order valence-corrected chi connectivity index (χ0v) is 15.4. The van der Waals surface area contributed by atoms with Crippen LogP contribution in [0.1, 0.15) is 40.5 Å². The number of halogens is 1. The average molecular weight is 372 g/mol. The van der Waals surface area contributed by atoms with Gasteiger partial charge in [-0.2, -0.15) is 5.10 Å². The van der Waals surface area contributed by atoms with E-state index in [9.17, 15) is 9.18 Å². The summed E-state index contributed by atoms with van der Waals surface area (Å²) in [4.78, 5) is 16.8. The molecule has 4 rings (SSSR count). The van der Waals surface area contributed by atoms with E-state index in [0.29, 0.717) is 37.9 Å². The number of carbonyl (C=O) groups excluding carboxylic acids is 1. The first kappa shape index (κ1) is 18.1. The molecule has 3 heterocycles. The number of aromatic amines is 1. The Morgan fingerprint density at radius 3 is 2.78 bits per heavy atom. The van der Waals surface area contributed by atoms with E-state index in [-0.39, 0.29) is 11.7 Å². The summed E-state index contributed by atoms with van der Waals surface area (Å²) >= 11 is 0. The van der Waals surface area contributed by atoms with Crippen LogP contribution in [0.3, 0.4) is 0 Å². The summed E-state index contributed by atoms with van der Waals surface area (Å²) in [5, 5.41) is 7.35. The highest BCUT2D eigenvalue weighted by Crippen LogP contribution is 2.27. The SMILES string of the molecule is O=C(c1cc([C@H]2CCCN(Cc3ccc(F)cc3)C2)[nH]n1)N1CCOCC1. The van der Waals surface area contributed by atoms with E-state index >= 15 is 0 Å². The molecule has 2 aliphatic heterocycles. The van der Waals surface area contributed by atoms with Gasteiger partial charge in [0.05, 0.1) is 13.2 Å². The molecule has 0 saturated carbocycles. The lowest BCUT2D eigenvalue weighted by Gasteiger charge is -2.32. The van der Waals surface area contributed by atoms with Crippen LogP contribution in [0.2, 0.25) is 0 Å². The Kier molecular flexibility index (Phi) is 5.50. The number of nitrogens with zero attached hydrogens (tertiary/aromatic N) is 3. The number of hydrogen-bond donors (Lipinski definition) is 1. The molecule has 1 N–H and O–H groups in total. The number of aromatic nitrogens is 2. The van der Waals surface area contributed by atoms with E-state index in [4.69, 9.17) is 4.74 Å². The molecule has 2 saturated heterocycles. The zero-order valence-electron chi connectivity index (χ0n) is 15.4. The van der Waals surface area contributed by atoms with Gasteiger partial charge in [-0.25, -0.2) is 4.39 Å². The third-order valence-corrected chi connectivity index (χ3v) is 5.38. The van der Waals surface area contributed by atoms with E-state index < -0.39 is 0 Å². The first-order valence-electron chi connectivity index (χ1n) is 9.58. The number of morpholine rings is 1. The fourth-order valence-corrected chi connectivity index (χ4v) is 3.88. The van der Waals surface area contributed by atoms with Crippen LogP contribution in [-0.4, -0.2) is 65.3 Å². The van der Waals surface area contributed by atoms with Crippen LogP contribution >= 0.6 is 0 Å². The highest BCUT2D eigenvalue weighted by molar-refractivity contribution is 5.92. The van der Waals surface area contributed by atoms with Crippen LogP contribution in [0.4, 0.5) is 4.39 Å². The summed E-state index contributed by atoms with van der Waals surface area (Å²) in [6.45, 7) is 5.16. The third-order valence-electron chi connectivity index (χ3n) is 5.38. The molecule has 0 aliphatic carbocycles. The van der Waals surface area contributed by atoms with E-state index in [2.05, 4.69) is 15.1 Å². The smallest absolute Gasteiger partial charge is 0.274 e. The molecule has 7 heteroatoms. The number of carbonyl (C=O) groups is 1. The molecular formula is C20H25FN4O2. The normalized spacial score (nSPS) is 21.4. The van der Waals surface area contributed by atoms with Crippen molar-refractivity contribution in [2.75, 3.05) is 39.4 Å². The number of nitrogens with one attached hydrogen (secondary N) is 1. The molecule has 1 amide bonds. The number of hydrogen-bond acceptors (Lipinski definition) is 4. The molecule has 0 bridgehead atoms. The molecular weight excluding hydrogens is 347 g/mol. The minimum atomic E-state index is -0.204. The van der Waals surface area contributed by atoms with Gasteiger partial charge in [0.1, 0.15) is 11.5 Å². The number of piperidine rings is 1. The average Bonchev–Trinajstić information content (AvgIpc) is 3.20. The predicted octanol–water partition coefficient (Wildman–Crippen LogP) is 2.40. The minimum absolute atomic E-state index is 0.0280. The van der Waals surface area contributed by atoms with Gasteiger partial charge in [-0.05, 0) is 43.1 Å². The summed E-state index contributed by atoms with van der Waals surface area (Å²) in [6, 6.07) is 8.61. The first-order chi connectivity index (χ1) is 13.2. The van der Waals surface area contributed by atoms with Crippen molar-refractivity contribution in [1.82, 2.24) is 20.0 Å². The van der Waals surface area contributed by atoms with Gasteiger partial charge in [0.15, 0.2) is 0 Å². The molecule has 2 aliphatic rings. The Balaban J connectivity index is 1.38. The van der Waals surface area contributed by atoms with Crippen LogP contribution in [0.15, 0.2) is 30.3 Å². The predicted molar refractivity (Wildman–Crippen MR) is 99.0 cm³/mol. The highest BCUT2D eigenvalue weighted by Gasteiger charge is 2.26. The van der Waals surface area contributed by atoms with Crippen LogP contribution in [-0.2, 0) is 11.3 Å². The quantitative estimate of drug-likeness (QED) is 0.895. The molecule has 0 radical (unpaired) electrons. The fourth-order valence-electron chi connectivity index (χ4n) is 3.88. The van der Waals surface area contributed by atoms with Crippen molar-refractivity contribution >= 4 is 5.91 Å². The van der Waals surface area contributed by atoms with Crippen molar-refractivity contribution in [3.63, 3.8) is 0 Å². The summed E-state index contributed by atoms with van der Waals surface area (Å²) < 4.78 is 18.4. The van der Waals surface area contributed by atoms with Crippen molar-refractivity contribution in [1.29, 1.82) is 0 Å². The van der Waals surface area contributed by atoms with Crippen LogP contribution < -0.4 is 0 Å². The van der Waals surface area contributed by atoms with Crippen molar-refractivity contribution in [2.45, 2.75) is 25.3 Å². The van der Waals surface area contributed by atoms with Gasteiger partial charge in [0, 0.05) is 37.8 Å². The number of amides is 1. The maximum atomic E-state index is 13.1. The molecule has 1 aromatic carbocycles. The largest absolute Gasteiger partial charge is 0.378 e. The van der Waals surface area contributed by atoms with Gasteiger partial charge >= 0.3 is 0 Å². The second kappa shape index (κ2) is 8.19.